The first-order valence-electron chi connectivity index (χ1n) is 4.73. The number of alkyl halides is 3. The van der Waals surface area contributed by atoms with Crippen LogP contribution in [0.4, 0.5) is 13.2 Å². The van der Waals surface area contributed by atoms with E-state index in [9.17, 15) is 28.5 Å². The van der Waals surface area contributed by atoms with Crippen LogP contribution in [0.3, 0.4) is 0 Å². The van der Waals surface area contributed by atoms with Gasteiger partial charge >= 0.3 is 6.18 Å². The second kappa shape index (κ2) is 4.91. The van der Waals surface area contributed by atoms with E-state index in [0.29, 0.717) is 12.1 Å². The normalized spacial score (nSPS) is 15.6. The van der Waals surface area contributed by atoms with Crippen molar-refractivity contribution in [1.82, 2.24) is 0 Å². The molecule has 2 unspecified atom stereocenters. The molecule has 96 valence electrons. The number of phenolic OH excluding ortho intramolecular Hbond substituents is 1. The number of hydrogen-bond acceptors (Lipinski definition) is 4. The van der Waals surface area contributed by atoms with E-state index in [1.54, 1.807) is 0 Å². The van der Waals surface area contributed by atoms with Gasteiger partial charge in [-0.25, -0.2) is 0 Å². The van der Waals surface area contributed by atoms with Gasteiger partial charge in [0.2, 0.25) is 0 Å². The molecule has 0 fully saturated rings. The van der Waals surface area contributed by atoms with Crippen LogP contribution in [-0.2, 0) is 6.18 Å². The summed E-state index contributed by atoms with van der Waals surface area (Å²) in [7, 11) is 0. The fraction of sp³-hybridized carbons (Fsp3) is 0.400. The topological polar surface area (TPSA) is 86.7 Å². The Labute approximate surface area is 95.1 Å². The minimum Gasteiger partial charge on any atom is -0.508 e. The predicted molar refractivity (Wildman–Crippen MR) is 53.1 cm³/mol. The standard InChI is InChI=1S/C10H12F3NO3/c11-10(12,13)5-1-2-7(15)6(3-5)9(17)8(16)4-14/h1-3,8-9,15-17H,4,14H2. The number of aliphatic hydroxyl groups is 2. The molecule has 0 heterocycles. The van der Waals surface area contributed by atoms with Crippen LogP contribution in [0, 0.1) is 0 Å². The molecule has 0 spiro atoms. The summed E-state index contributed by atoms with van der Waals surface area (Å²) >= 11 is 0. The van der Waals surface area contributed by atoms with Gasteiger partial charge in [0.25, 0.3) is 0 Å². The zero-order valence-electron chi connectivity index (χ0n) is 8.65. The zero-order valence-corrected chi connectivity index (χ0v) is 8.65. The van der Waals surface area contributed by atoms with Gasteiger partial charge in [0.05, 0.1) is 11.7 Å². The number of phenols is 1. The molecule has 0 aliphatic rings. The van der Waals surface area contributed by atoms with Crippen molar-refractivity contribution in [3.8, 4) is 5.75 Å². The second-order valence-corrected chi connectivity index (χ2v) is 3.52. The van der Waals surface area contributed by atoms with Crippen LogP contribution in [0.1, 0.15) is 17.2 Å². The van der Waals surface area contributed by atoms with Gasteiger partial charge in [0.1, 0.15) is 11.9 Å². The smallest absolute Gasteiger partial charge is 0.416 e. The van der Waals surface area contributed by atoms with Crippen LogP contribution < -0.4 is 5.73 Å². The highest BCUT2D eigenvalue weighted by Crippen LogP contribution is 2.35. The minimum atomic E-state index is -4.59. The molecule has 0 aromatic heterocycles. The van der Waals surface area contributed by atoms with Gasteiger partial charge in [-0.2, -0.15) is 13.2 Å². The van der Waals surface area contributed by atoms with Gasteiger partial charge in [-0.3, -0.25) is 0 Å². The molecule has 0 saturated carbocycles. The van der Waals surface area contributed by atoms with E-state index in [4.69, 9.17) is 5.73 Å². The average Bonchev–Trinajstić information content (AvgIpc) is 2.26. The van der Waals surface area contributed by atoms with Crippen LogP contribution in [0.25, 0.3) is 0 Å². The first kappa shape index (κ1) is 13.8. The summed E-state index contributed by atoms with van der Waals surface area (Å²) in [4.78, 5) is 0. The fourth-order valence-corrected chi connectivity index (χ4v) is 1.30. The van der Waals surface area contributed by atoms with Crippen LogP contribution in [-0.4, -0.2) is 28.0 Å². The first-order chi connectivity index (χ1) is 7.77. The molecular weight excluding hydrogens is 239 g/mol. The summed E-state index contributed by atoms with van der Waals surface area (Å²) in [5.41, 5.74) is 3.65. The van der Waals surface area contributed by atoms with Gasteiger partial charge in [-0.05, 0) is 18.2 Å². The molecule has 5 N–H and O–H groups in total. The van der Waals surface area contributed by atoms with Crippen molar-refractivity contribution in [2.45, 2.75) is 18.4 Å². The Balaban J connectivity index is 3.15. The summed E-state index contributed by atoms with van der Waals surface area (Å²) < 4.78 is 37.2. The number of benzene rings is 1. The molecule has 1 aromatic rings. The van der Waals surface area contributed by atoms with Crippen molar-refractivity contribution in [2.75, 3.05) is 6.54 Å². The van der Waals surface area contributed by atoms with Crippen molar-refractivity contribution >= 4 is 0 Å². The Morgan fingerprint density at radius 2 is 1.82 bits per heavy atom. The molecule has 0 radical (unpaired) electrons. The van der Waals surface area contributed by atoms with Crippen molar-refractivity contribution in [1.29, 1.82) is 0 Å². The van der Waals surface area contributed by atoms with Crippen molar-refractivity contribution in [3.63, 3.8) is 0 Å². The van der Waals surface area contributed by atoms with E-state index in [1.165, 1.54) is 0 Å². The van der Waals surface area contributed by atoms with Crippen LogP contribution in [0.15, 0.2) is 18.2 Å². The number of rotatable bonds is 3. The molecule has 0 aliphatic heterocycles. The van der Waals surface area contributed by atoms with Crippen molar-refractivity contribution in [2.24, 2.45) is 5.73 Å². The van der Waals surface area contributed by atoms with Gasteiger partial charge in [-0.15, -0.1) is 0 Å². The lowest BCUT2D eigenvalue weighted by molar-refractivity contribution is -0.137. The quantitative estimate of drug-likeness (QED) is 0.639. The average molecular weight is 251 g/mol. The van der Waals surface area contributed by atoms with Gasteiger partial charge in [0.15, 0.2) is 0 Å². The third-order valence-electron chi connectivity index (χ3n) is 2.28. The van der Waals surface area contributed by atoms with E-state index in [2.05, 4.69) is 0 Å². The SMILES string of the molecule is NCC(O)C(O)c1cc(C(F)(F)F)ccc1O. The maximum Gasteiger partial charge on any atom is 0.416 e. The Kier molecular flexibility index (Phi) is 3.97. The number of halogens is 3. The summed E-state index contributed by atoms with van der Waals surface area (Å²) in [5, 5.41) is 28.1. The van der Waals surface area contributed by atoms with Gasteiger partial charge in [-0.1, -0.05) is 0 Å². The van der Waals surface area contributed by atoms with E-state index in [1.807, 2.05) is 0 Å². The van der Waals surface area contributed by atoms with E-state index in [-0.39, 0.29) is 6.54 Å². The lowest BCUT2D eigenvalue weighted by Crippen LogP contribution is -2.27. The highest BCUT2D eigenvalue weighted by atomic mass is 19.4. The Morgan fingerprint density at radius 1 is 1.24 bits per heavy atom. The monoisotopic (exact) mass is 251 g/mol. The number of hydrogen-bond donors (Lipinski definition) is 4. The zero-order chi connectivity index (χ0) is 13.2. The fourth-order valence-electron chi connectivity index (χ4n) is 1.30. The molecule has 4 nitrogen and oxygen atoms in total. The molecule has 17 heavy (non-hydrogen) atoms. The summed E-state index contributed by atoms with van der Waals surface area (Å²) in [6.07, 6.45) is -7.69. The first-order valence-corrected chi connectivity index (χ1v) is 4.73. The minimum absolute atomic E-state index is 0.336. The summed E-state index contributed by atoms with van der Waals surface area (Å²) in [6, 6.07) is 2.07. The number of nitrogens with two attached hydrogens (primary N) is 1. The summed E-state index contributed by atoms with van der Waals surface area (Å²) in [6.45, 7) is -0.336. The highest BCUT2D eigenvalue weighted by Gasteiger charge is 2.32. The summed E-state index contributed by atoms with van der Waals surface area (Å²) in [5.74, 6) is -0.530. The lowest BCUT2D eigenvalue weighted by Gasteiger charge is -2.18. The van der Waals surface area contributed by atoms with Gasteiger partial charge in [0, 0.05) is 12.1 Å². The number of aliphatic hydroxyl groups excluding tert-OH is 2. The van der Waals surface area contributed by atoms with Crippen LogP contribution >= 0.6 is 0 Å². The van der Waals surface area contributed by atoms with Crippen molar-refractivity contribution < 1.29 is 28.5 Å². The molecule has 7 heteroatoms. The molecule has 0 saturated heterocycles. The molecule has 0 amide bonds. The molecule has 1 rings (SSSR count). The molecular formula is C10H12F3NO3. The predicted octanol–water partition coefficient (Wildman–Crippen LogP) is 0.764. The van der Waals surface area contributed by atoms with Gasteiger partial charge < -0.3 is 21.1 Å². The second-order valence-electron chi connectivity index (χ2n) is 3.52. The van der Waals surface area contributed by atoms with Crippen LogP contribution in [0.5, 0.6) is 5.75 Å². The third-order valence-corrected chi connectivity index (χ3v) is 2.28. The maximum atomic E-state index is 12.4. The molecule has 0 aliphatic carbocycles. The molecule has 2 atom stereocenters. The third kappa shape index (κ3) is 3.09. The highest BCUT2D eigenvalue weighted by molar-refractivity contribution is 5.39. The van der Waals surface area contributed by atoms with E-state index < -0.39 is 35.3 Å². The van der Waals surface area contributed by atoms with E-state index >= 15 is 0 Å². The molecule has 0 bridgehead atoms. The number of aromatic hydroxyl groups is 1. The Bertz CT molecular complexity index is 395. The molecule has 1 aromatic carbocycles. The largest absolute Gasteiger partial charge is 0.508 e. The maximum absolute atomic E-state index is 12.4. The Morgan fingerprint density at radius 3 is 2.29 bits per heavy atom. The van der Waals surface area contributed by atoms with E-state index in [0.717, 1.165) is 6.07 Å². The van der Waals surface area contributed by atoms with Crippen LogP contribution in [0.2, 0.25) is 0 Å². The van der Waals surface area contributed by atoms with Crippen molar-refractivity contribution in [3.05, 3.63) is 29.3 Å². The lowest BCUT2D eigenvalue weighted by atomic mass is 10.0. The Hall–Kier alpha value is -1.31.